The molecule has 20 heavy (non-hydrogen) atoms. The van der Waals surface area contributed by atoms with Gasteiger partial charge in [0.25, 0.3) is 0 Å². The third-order valence-corrected chi connectivity index (χ3v) is 4.34. The van der Waals surface area contributed by atoms with Gasteiger partial charge in [-0.2, -0.15) is 11.3 Å². The number of thiophene rings is 1. The molecule has 0 spiro atoms. The Kier molecular flexibility index (Phi) is 4.81. The molecule has 0 aromatic carbocycles. The molecule has 1 aromatic heterocycles. The Morgan fingerprint density at radius 1 is 1.40 bits per heavy atom. The predicted molar refractivity (Wildman–Crippen MR) is 80.3 cm³/mol. The highest BCUT2D eigenvalue weighted by Crippen LogP contribution is 2.21. The normalized spacial score (nSPS) is 23.3. The molecule has 1 aliphatic heterocycles. The van der Waals surface area contributed by atoms with Gasteiger partial charge in [-0.15, -0.1) is 0 Å². The lowest BCUT2D eigenvalue weighted by atomic mass is 9.97. The lowest BCUT2D eigenvalue weighted by Crippen LogP contribution is -2.62. The van der Waals surface area contributed by atoms with Crippen molar-refractivity contribution in [2.24, 2.45) is 5.92 Å². The van der Waals surface area contributed by atoms with Crippen LogP contribution in [0.15, 0.2) is 16.8 Å². The standard InChI is InChI=1S/C15H22N2O2S/c1-4-13-14(18)16-12(7-10(2)3)15(19)17(13)8-11-5-6-20-9-11/h5-6,9-10,12-13H,4,7-8H2,1-3H3,(H,16,18). The van der Waals surface area contributed by atoms with Crippen LogP contribution in [-0.4, -0.2) is 28.8 Å². The molecule has 4 nitrogen and oxygen atoms in total. The lowest BCUT2D eigenvalue weighted by Gasteiger charge is -2.39. The molecular weight excluding hydrogens is 272 g/mol. The van der Waals surface area contributed by atoms with Crippen molar-refractivity contribution < 1.29 is 9.59 Å². The van der Waals surface area contributed by atoms with Gasteiger partial charge >= 0.3 is 0 Å². The maximum absolute atomic E-state index is 12.6. The second-order valence-corrected chi connectivity index (χ2v) is 6.49. The zero-order valence-corrected chi connectivity index (χ0v) is 13.1. The number of amides is 2. The number of nitrogens with zero attached hydrogens (tertiary/aromatic N) is 1. The summed E-state index contributed by atoms with van der Waals surface area (Å²) in [7, 11) is 0. The predicted octanol–water partition coefficient (Wildman–Crippen LogP) is 2.40. The summed E-state index contributed by atoms with van der Waals surface area (Å²) in [5, 5.41) is 6.91. The van der Waals surface area contributed by atoms with Gasteiger partial charge in [-0.3, -0.25) is 9.59 Å². The van der Waals surface area contributed by atoms with Crippen molar-refractivity contribution in [1.29, 1.82) is 0 Å². The minimum absolute atomic E-state index is 0.0204. The summed E-state index contributed by atoms with van der Waals surface area (Å²) >= 11 is 1.61. The fourth-order valence-corrected chi connectivity index (χ4v) is 3.29. The average molecular weight is 294 g/mol. The van der Waals surface area contributed by atoms with E-state index in [0.717, 1.165) is 5.56 Å². The maximum Gasteiger partial charge on any atom is 0.246 e. The van der Waals surface area contributed by atoms with Gasteiger partial charge in [-0.1, -0.05) is 20.8 Å². The SMILES string of the molecule is CCC1C(=O)NC(CC(C)C)C(=O)N1Cc1ccsc1. The molecule has 0 saturated carbocycles. The molecule has 2 heterocycles. The summed E-state index contributed by atoms with van der Waals surface area (Å²) in [5.74, 6) is 0.412. The van der Waals surface area contributed by atoms with E-state index in [1.165, 1.54) is 0 Å². The first-order chi connectivity index (χ1) is 9.52. The molecule has 1 N–H and O–H groups in total. The summed E-state index contributed by atoms with van der Waals surface area (Å²) in [6.07, 6.45) is 1.34. The maximum atomic E-state index is 12.6. The van der Waals surface area contributed by atoms with Crippen molar-refractivity contribution >= 4 is 23.2 Å². The van der Waals surface area contributed by atoms with Crippen LogP contribution in [0.3, 0.4) is 0 Å². The van der Waals surface area contributed by atoms with Crippen molar-refractivity contribution in [3.05, 3.63) is 22.4 Å². The zero-order chi connectivity index (χ0) is 14.7. The van der Waals surface area contributed by atoms with E-state index in [-0.39, 0.29) is 23.9 Å². The largest absolute Gasteiger partial charge is 0.342 e. The second kappa shape index (κ2) is 6.39. The van der Waals surface area contributed by atoms with Crippen molar-refractivity contribution in [3.8, 4) is 0 Å². The minimum Gasteiger partial charge on any atom is -0.342 e. The molecule has 1 saturated heterocycles. The number of hydrogen-bond donors (Lipinski definition) is 1. The van der Waals surface area contributed by atoms with E-state index in [2.05, 4.69) is 19.2 Å². The molecule has 2 atom stereocenters. The summed E-state index contributed by atoms with van der Waals surface area (Å²) in [5.41, 5.74) is 1.10. The molecule has 2 amide bonds. The summed E-state index contributed by atoms with van der Waals surface area (Å²) in [6, 6.07) is 1.30. The van der Waals surface area contributed by atoms with Crippen molar-refractivity contribution in [1.82, 2.24) is 10.2 Å². The van der Waals surface area contributed by atoms with Crippen LogP contribution in [0.5, 0.6) is 0 Å². The molecule has 1 aliphatic rings. The highest BCUT2D eigenvalue weighted by molar-refractivity contribution is 7.07. The molecule has 2 unspecified atom stereocenters. The molecule has 0 bridgehead atoms. The first-order valence-electron chi connectivity index (χ1n) is 7.14. The fraction of sp³-hybridized carbons (Fsp3) is 0.600. The Labute approximate surface area is 124 Å². The molecular formula is C15H22N2O2S. The highest BCUT2D eigenvalue weighted by atomic mass is 32.1. The molecule has 1 aromatic rings. The van der Waals surface area contributed by atoms with Gasteiger partial charge in [0.15, 0.2) is 0 Å². The van der Waals surface area contributed by atoms with Crippen LogP contribution in [-0.2, 0) is 16.1 Å². The van der Waals surface area contributed by atoms with Gasteiger partial charge < -0.3 is 10.2 Å². The van der Waals surface area contributed by atoms with E-state index in [1.54, 1.807) is 16.2 Å². The van der Waals surface area contributed by atoms with E-state index in [1.807, 2.05) is 23.8 Å². The van der Waals surface area contributed by atoms with Crippen molar-refractivity contribution in [2.75, 3.05) is 0 Å². The smallest absolute Gasteiger partial charge is 0.246 e. The van der Waals surface area contributed by atoms with E-state index < -0.39 is 0 Å². The van der Waals surface area contributed by atoms with Crippen LogP contribution in [0.25, 0.3) is 0 Å². The number of nitrogens with one attached hydrogen (secondary N) is 1. The first kappa shape index (κ1) is 15.0. The summed E-state index contributed by atoms with van der Waals surface area (Å²) in [4.78, 5) is 26.6. The Bertz CT molecular complexity index is 470. The molecule has 1 fully saturated rings. The molecule has 2 rings (SSSR count). The van der Waals surface area contributed by atoms with Crippen molar-refractivity contribution in [2.45, 2.75) is 52.2 Å². The number of piperazine rings is 1. The van der Waals surface area contributed by atoms with Gasteiger partial charge in [0, 0.05) is 6.54 Å². The minimum atomic E-state index is -0.371. The lowest BCUT2D eigenvalue weighted by molar-refractivity contribution is -0.150. The molecule has 110 valence electrons. The second-order valence-electron chi connectivity index (χ2n) is 5.71. The quantitative estimate of drug-likeness (QED) is 0.906. The fourth-order valence-electron chi connectivity index (χ4n) is 2.63. The summed E-state index contributed by atoms with van der Waals surface area (Å²) in [6.45, 7) is 6.60. The number of hydrogen-bond acceptors (Lipinski definition) is 3. The Hall–Kier alpha value is -1.36. The van der Waals surface area contributed by atoms with Crippen LogP contribution in [0.4, 0.5) is 0 Å². The number of carbonyl (C=O) groups is 2. The van der Waals surface area contributed by atoms with Gasteiger partial charge in [0.2, 0.25) is 11.8 Å². The number of rotatable bonds is 5. The van der Waals surface area contributed by atoms with E-state index in [9.17, 15) is 9.59 Å². The van der Waals surface area contributed by atoms with Gasteiger partial charge in [-0.05, 0) is 41.1 Å². The number of carbonyl (C=O) groups excluding carboxylic acids is 2. The third-order valence-electron chi connectivity index (χ3n) is 3.60. The summed E-state index contributed by atoms with van der Waals surface area (Å²) < 4.78 is 0. The van der Waals surface area contributed by atoms with Crippen LogP contribution in [0.1, 0.15) is 39.2 Å². The zero-order valence-electron chi connectivity index (χ0n) is 12.3. The van der Waals surface area contributed by atoms with Gasteiger partial charge in [0.1, 0.15) is 12.1 Å². The van der Waals surface area contributed by atoms with E-state index in [4.69, 9.17) is 0 Å². The molecule has 5 heteroatoms. The molecule has 0 aliphatic carbocycles. The topological polar surface area (TPSA) is 49.4 Å². The molecule has 0 radical (unpaired) electrons. The van der Waals surface area contributed by atoms with Crippen LogP contribution in [0, 0.1) is 5.92 Å². The third kappa shape index (κ3) is 3.20. The van der Waals surface area contributed by atoms with Crippen molar-refractivity contribution in [3.63, 3.8) is 0 Å². The van der Waals surface area contributed by atoms with Crippen LogP contribution < -0.4 is 5.32 Å². The average Bonchev–Trinajstić information content (AvgIpc) is 2.88. The Morgan fingerprint density at radius 3 is 2.70 bits per heavy atom. The van der Waals surface area contributed by atoms with E-state index >= 15 is 0 Å². The highest BCUT2D eigenvalue weighted by Gasteiger charge is 2.39. The van der Waals surface area contributed by atoms with Gasteiger partial charge in [0.05, 0.1) is 0 Å². The van der Waals surface area contributed by atoms with Gasteiger partial charge in [-0.25, -0.2) is 0 Å². The first-order valence-corrected chi connectivity index (χ1v) is 8.09. The Balaban J connectivity index is 2.18. The van der Waals surface area contributed by atoms with Crippen LogP contribution in [0.2, 0.25) is 0 Å². The Morgan fingerprint density at radius 2 is 2.15 bits per heavy atom. The monoisotopic (exact) mass is 294 g/mol. The van der Waals surface area contributed by atoms with Crippen LogP contribution >= 0.6 is 11.3 Å². The van der Waals surface area contributed by atoms with E-state index in [0.29, 0.717) is 25.3 Å².